The van der Waals surface area contributed by atoms with E-state index in [0.717, 1.165) is 12.3 Å². The van der Waals surface area contributed by atoms with E-state index < -0.39 is 17.8 Å². The molecule has 0 fully saturated rings. The van der Waals surface area contributed by atoms with Crippen molar-refractivity contribution in [2.75, 3.05) is 5.32 Å². The van der Waals surface area contributed by atoms with E-state index in [2.05, 4.69) is 20.3 Å². The molecular weight excluding hydrogens is 347 g/mol. The molecule has 9 heteroatoms. The topological polar surface area (TPSA) is 93.8 Å². The van der Waals surface area contributed by atoms with Crippen LogP contribution in [0, 0.1) is 0 Å². The standard InChI is InChI=1S/C17H12F3N5O/c18-17(19,20)14-6-7-22-16(25-14)24-12-3-1-2-10(8-12)13-5-4-11(9-23-13)15(21)26/h1-9H,(H2,21,26)(H,22,24,25). The van der Waals surface area contributed by atoms with Crippen molar-refractivity contribution in [1.82, 2.24) is 15.0 Å². The molecular formula is C17H12F3N5O. The lowest BCUT2D eigenvalue weighted by molar-refractivity contribution is -0.141. The van der Waals surface area contributed by atoms with Crippen molar-refractivity contribution < 1.29 is 18.0 Å². The normalized spacial score (nSPS) is 11.2. The molecule has 0 saturated heterocycles. The summed E-state index contributed by atoms with van der Waals surface area (Å²) in [4.78, 5) is 22.5. The summed E-state index contributed by atoms with van der Waals surface area (Å²) in [5.41, 5.74) is 6.17. The summed E-state index contributed by atoms with van der Waals surface area (Å²) < 4.78 is 38.2. The predicted octanol–water partition coefficient (Wildman–Crippen LogP) is 3.40. The highest BCUT2D eigenvalue weighted by Gasteiger charge is 2.32. The number of pyridine rings is 1. The highest BCUT2D eigenvalue weighted by atomic mass is 19.4. The van der Waals surface area contributed by atoms with E-state index >= 15 is 0 Å². The third-order valence-corrected chi connectivity index (χ3v) is 3.41. The van der Waals surface area contributed by atoms with Crippen molar-refractivity contribution in [3.05, 3.63) is 66.1 Å². The van der Waals surface area contributed by atoms with Crippen molar-refractivity contribution in [2.24, 2.45) is 5.73 Å². The van der Waals surface area contributed by atoms with E-state index in [1.807, 2.05) is 0 Å². The summed E-state index contributed by atoms with van der Waals surface area (Å²) in [7, 11) is 0. The van der Waals surface area contributed by atoms with Crippen LogP contribution in [0.2, 0.25) is 0 Å². The molecule has 6 nitrogen and oxygen atoms in total. The smallest absolute Gasteiger partial charge is 0.366 e. The summed E-state index contributed by atoms with van der Waals surface area (Å²) in [6.07, 6.45) is -2.16. The van der Waals surface area contributed by atoms with Gasteiger partial charge in [-0.05, 0) is 30.3 Å². The van der Waals surface area contributed by atoms with Gasteiger partial charge >= 0.3 is 6.18 Å². The van der Waals surface area contributed by atoms with Gasteiger partial charge in [0.05, 0.1) is 11.3 Å². The average molecular weight is 359 g/mol. The number of anilines is 2. The minimum atomic E-state index is -4.55. The Hall–Kier alpha value is -3.49. The SMILES string of the molecule is NC(=O)c1ccc(-c2cccc(Nc3nccc(C(F)(F)F)n3)c2)nc1. The van der Waals surface area contributed by atoms with E-state index in [1.165, 1.54) is 6.20 Å². The maximum absolute atomic E-state index is 12.7. The Bertz CT molecular complexity index is 942. The van der Waals surface area contributed by atoms with Crippen molar-refractivity contribution >= 4 is 17.5 Å². The van der Waals surface area contributed by atoms with Crippen LogP contribution in [0.1, 0.15) is 16.1 Å². The second-order valence-electron chi connectivity index (χ2n) is 5.27. The van der Waals surface area contributed by atoms with Gasteiger partial charge in [0.25, 0.3) is 0 Å². The van der Waals surface area contributed by atoms with E-state index in [9.17, 15) is 18.0 Å². The Balaban J connectivity index is 1.85. The van der Waals surface area contributed by atoms with E-state index in [0.29, 0.717) is 16.9 Å². The zero-order valence-electron chi connectivity index (χ0n) is 13.2. The number of carbonyl (C=O) groups excluding carboxylic acids is 1. The van der Waals surface area contributed by atoms with Crippen LogP contribution < -0.4 is 11.1 Å². The van der Waals surface area contributed by atoms with Crippen molar-refractivity contribution in [1.29, 1.82) is 0 Å². The van der Waals surface area contributed by atoms with Crippen LogP contribution in [-0.2, 0) is 6.18 Å². The third kappa shape index (κ3) is 3.94. The fourth-order valence-corrected chi connectivity index (χ4v) is 2.17. The number of hydrogen-bond donors (Lipinski definition) is 2. The highest BCUT2D eigenvalue weighted by molar-refractivity contribution is 5.92. The highest BCUT2D eigenvalue weighted by Crippen LogP contribution is 2.28. The Morgan fingerprint density at radius 1 is 1.08 bits per heavy atom. The fraction of sp³-hybridized carbons (Fsp3) is 0.0588. The number of primary amides is 1. The first-order valence-electron chi connectivity index (χ1n) is 7.36. The zero-order chi connectivity index (χ0) is 18.7. The first-order valence-corrected chi connectivity index (χ1v) is 7.36. The predicted molar refractivity (Wildman–Crippen MR) is 88.5 cm³/mol. The number of nitrogens with two attached hydrogens (primary N) is 1. The molecule has 0 radical (unpaired) electrons. The second-order valence-corrected chi connectivity index (χ2v) is 5.27. The number of nitrogens with zero attached hydrogens (tertiary/aromatic N) is 3. The number of nitrogens with one attached hydrogen (secondary N) is 1. The molecule has 3 aromatic rings. The molecule has 3 rings (SSSR count). The van der Waals surface area contributed by atoms with E-state index in [-0.39, 0.29) is 11.5 Å². The largest absolute Gasteiger partial charge is 0.433 e. The average Bonchev–Trinajstić information content (AvgIpc) is 2.61. The van der Waals surface area contributed by atoms with Gasteiger partial charge in [-0.25, -0.2) is 9.97 Å². The monoisotopic (exact) mass is 359 g/mol. The molecule has 3 N–H and O–H groups in total. The first kappa shape index (κ1) is 17.3. The zero-order valence-corrected chi connectivity index (χ0v) is 13.2. The van der Waals surface area contributed by atoms with Gasteiger partial charge in [0.15, 0.2) is 0 Å². The number of halogens is 3. The first-order chi connectivity index (χ1) is 12.3. The van der Waals surface area contributed by atoms with Gasteiger partial charge in [-0.2, -0.15) is 13.2 Å². The van der Waals surface area contributed by atoms with Crippen LogP contribution in [0.3, 0.4) is 0 Å². The molecule has 0 spiro atoms. The van der Waals surface area contributed by atoms with Crippen molar-refractivity contribution in [3.63, 3.8) is 0 Å². The number of amides is 1. The van der Waals surface area contributed by atoms with Crippen molar-refractivity contribution in [2.45, 2.75) is 6.18 Å². The van der Waals surface area contributed by atoms with Gasteiger partial charge in [0, 0.05) is 23.6 Å². The summed E-state index contributed by atoms with van der Waals surface area (Å²) in [5, 5.41) is 2.73. The van der Waals surface area contributed by atoms with Gasteiger partial charge in [0.1, 0.15) is 5.69 Å². The molecule has 2 aromatic heterocycles. The molecule has 0 atom stereocenters. The van der Waals surface area contributed by atoms with Crippen LogP contribution in [0.5, 0.6) is 0 Å². The Morgan fingerprint density at radius 2 is 1.88 bits per heavy atom. The van der Waals surface area contributed by atoms with Crippen molar-refractivity contribution in [3.8, 4) is 11.3 Å². The van der Waals surface area contributed by atoms with Crippen LogP contribution in [0.4, 0.5) is 24.8 Å². The number of rotatable bonds is 4. The summed E-state index contributed by atoms with van der Waals surface area (Å²) in [5.74, 6) is -0.754. The Labute approximate surface area is 145 Å². The van der Waals surface area contributed by atoms with Gasteiger partial charge in [-0.15, -0.1) is 0 Å². The lowest BCUT2D eigenvalue weighted by Gasteiger charge is -2.09. The minimum absolute atomic E-state index is 0.172. The molecule has 0 aliphatic carbocycles. The number of hydrogen-bond acceptors (Lipinski definition) is 5. The van der Waals surface area contributed by atoms with Gasteiger partial charge < -0.3 is 11.1 Å². The molecule has 0 unspecified atom stereocenters. The molecule has 0 saturated carbocycles. The van der Waals surface area contributed by atoms with Gasteiger partial charge in [0.2, 0.25) is 11.9 Å². The lowest BCUT2D eigenvalue weighted by Crippen LogP contribution is -2.11. The van der Waals surface area contributed by atoms with Gasteiger partial charge in [-0.1, -0.05) is 12.1 Å². The summed E-state index contributed by atoms with van der Waals surface area (Å²) >= 11 is 0. The molecule has 26 heavy (non-hydrogen) atoms. The fourth-order valence-electron chi connectivity index (χ4n) is 2.17. The molecule has 0 aliphatic heterocycles. The summed E-state index contributed by atoms with van der Waals surface area (Å²) in [6.45, 7) is 0. The quantitative estimate of drug-likeness (QED) is 0.745. The number of carbonyl (C=O) groups is 1. The van der Waals surface area contributed by atoms with E-state index in [4.69, 9.17) is 5.73 Å². The van der Waals surface area contributed by atoms with Crippen LogP contribution in [0.15, 0.2) is 54.9 Å². The molecule has 1 aromatic carbocycles. The van der Waals surface area contributed by atoms with Crippen LogP contribution >= 0.6 is 0 Å². The Kier molecular flexibility index (Phi) is 4.53. The van der Waals surface area contributed by atoms with Crippen LogP contribution in [-0.4, -0.2) is 20.9 Å². The molecule has 0 aliphatic rings. The maximum Gasteiger partial charge on any atom is 0.433 e. The molecule has 1 amide bonds. The second kappa shape index (κ2) is 6.79. The maximum atomic E-state index is 12.7. The number of aromatic nitrogens is 3. The minimum Gasteiger partial charge on any atom is -0.366 e. The molecule has 0 bridgehead atoms. The number of alkyl halides is 3. The molecule has 2 heterocycles. The molecule has 132 valence electrons. The van der Waals surface area contributed by atoms with Crippen LogP contribution in [0.25, 0.3) is 11.3 Å². The Morgan fingerprint density at radius 3 is 2.54 bits per heavy atom. The van der Waals surface area contributed by atoms with E-state index in [1.54, 1.807) is 36.4 Å². The summed E-state index contributed by atoms with van der Waals surface area (Å²) in [6, 6.07) is 10.8. The van der Waals surface area contributed by atoms with Gasteiger partial charge in [-0.3, -0.25) is 9.78 Å². The number of benzene rings is 1. The lowest BCUT2D eigenvalue weighted by atomic mass is 10.1. The third-order valence-electron chi connectivity index (χ3n) is 3.41.